The average Bonchev–Trinajstić information content (AvgIpc) is 3.39. The van der Waals surface area contributed by atoms with Crippen LogP contribution in [-0.2, 0) is 4.79 Å². The van der Waals surface area contributed by atoms with Crippen molar-refractivity contribution in [3.63, 3.8) is 0 Å². The SMILES string of the molecule is CCNC(=NCC(C)Oc1ccccc1)N1CC(CCN2CCCC2=O)c2ccccc21. The fourth-order valence-corrected chi connectivity index (χ4v) is 4.57. The summed E-state index contributed by atoms with van der Waals surface area (Å²) < 4.78 is 6.01. The number of carbonyl (C=O) groups is 1. The molecular weight excluding hydrogens is 400 g/mol. The van der Waals surface area contributed by atoms with Gasteiger partial charge in [0.2, 0.25) is 5.91 Å². The van der Waals surface area contributed by atoms with Crippen molar-refractivity contribution < 1.29 is 9.53 Å². The van der Waals surface area contributed by atoms with Crippen LogP contribution < -0.4 is 15.0 Å². The van der Waals surface area contributed by atoms with Crippen LogP contribution >= 0.6 is 0 Å². The van der Waals surface area contributed by atoms with E-state index in [9.17, 15) is 4.79 Å². The highest BCUT2D eigenvalue weighted by Crippen LogP contribution is 2.38. The summed E-state index contributed by atoms with van der Waals surface area (Å²) >= 11 is 0. The van der Waals surface area contributed by atoms with Crippen LogP contribution in [0.15, 0.2) is 59.6 Å². The molecule has 2 aliphatic rings. The van der Waals surface area contributed by atoms with E-state index in [1.807, 2.05) is 42.2 Å². The number of guanidine groups is 1. The second-order valence-electron chi connectivity index (χ2n) is 8.58. The summed E-state index contributed by atoms with van der Waals surface area (Å²) in [6.45, 7) is 8.13. The number of carbonyl (C=O) groups excluding carboxylic acids is 1. The number of ether oxygens (including phenoxy) is 1. The lowest BCUT2D eigenvalue weighted by Gasteiger charge is -2.24. The van der Waals surface area contributed by atoms with Gasteiger partial charge in [0.05, 0.1) is 6.54 Å². The van der Waals surface area contributed by atoms with Crippen molar-refractivity contribution in [1.82, 2.24) is 10.2 Å². The Bertz CT molecular complexity index is 930. The number of likely N-dealkylation sites (tertiary alicyclic amines) is 1. The van der Waals surface area contributed by atoms with E-state index < -0.39 is 0 Å². The largest absolute Gasteiger partial charge is 0.489 e. The standard InChI is InChI=1S/C26H34N4O2/c1-3-27-26(28-18-20(2)32-22-10-5-4-6-11-22)30-19-21(23-12-7-8-13-24(23)30)15-17-29-16-9-14-25(29)31/h4-8,10-13,20-21H,3,9,14-19H2,1-2H3,(H,27,28). The molecule has 0 bridgehead atoms. The molecule has 4 rings (SSSR count). The van der Waals surface area contributed by atoms with Crippen LogP contribution in [0.2, 0.25) is 0 Å². The summed E-state index contributed by atoms with van der Waals surface area (Å²) in [7, 11) is 0. The molecule has 0 aromatic heterocycles. The molecule has 0 aliphatic carbocycles. The highest BCUT2D eigenvalue weighted by Gasteiger charge is 2.32. The lowest BCUT2D eigenvalue weighted by Crippen LogP contribution is -2.41. The number of nitrogens with one attached hydrogen (secondary N) is 1. The maximum atomic E-state index is 12.0. The molecule has 2 aromatic carbocycles. The highest BCUT2D eigenvalue weighted by molar-refractivity contribution is 5.98. The van der Waals surface area contributed by atoms with Crippen LogP contribution in [0.5, 0.6) is 5.75 Å². The summed E-state index contributed by atoms with van der Waals surface area (Å²) in [5.41, 5.74) is 2.56. The van der Waals surface area contributed by atoms with E-state index in [1.54, 1.807) is 0 Å². The van der Waals surface area contributed by atoms with Crippen LogP contribution in [0.4, 0.5) is 5.69 Å². The Labute approximate surface area is 191 Å². The van der Waals surface area contributed by atoms with Gasteiger partial charge in [0, 0.05) is 44.2 Å². The maximum absolute atomic E-state index is 12.0. The fourth-order valence-electron chi connectivity index (χ4n) is 4.57. The maximum Gasteiger partial charge on any atom is 0.222 e. The predicted octanol–water partition coefficient (Wildman–Crippen LogP) is 4.04. The van der Waals surface area contributed by atoms with Crippen LogP contribution in [0.25, 0.3) is 0 Å². The van der Waals surface area contributed by atoms with Crippen LogP contribution in [0, 0.1) is 0 Å². The number of benzene rings is 2. The molecule has 1 fully saturated rings. The minimum Gasteiger partial charge on any atom is -0.489 e. The monoisotopic (exact) mass is 434 g/mol. The van der Waals surface area contributed by atoms with Gasteiger partial charge >= 0.3 is 0 Å². The molecule has 1 amide bonds. The zero-order valence-corrected chi connectivity index (χ0v) is 19.2. The zero-order valence-electron chi connectivity index (χ0n) is 19.2. The van der Waals surface area contributed by atoms with Gasteiger partial charge < -0.3 is 19.9 Å². The minimum absolute atomic E-state index is 0.0270. The van der Waals surface area contributed by atoms with E-state index in [0.29, 0.717) is 24.8 Å². The average molecular weight is 435 g/mol. The van der Waals surface area contributed by atoms with E-state index in [0.717, 1.165) is 50.7 Å². The second kappa shape index (κ2) is 10.5. The number of fused-ring (bicyclic) bond motifs is 1. The van der Waals surface area contributed by atoms with E-state index >= 15 is 0 Å². The smallest absolute Gasteiger partial charge is 0.222 e. The molecule has 2 heterocycles. The quantitative estimate of drug-likeness (QED) is 0.503. The molecule has 1 N–H and O–H groups in total. The first-order valence-corrected chi connectivity index (χ1v) is 11.8. The van der Waals surface area contributed by atoms with Crippen molar-refractivity contribution in [2.45, 2.75) is 45.1 Å². The van der Waals surface area contributed by atoms with Crippen LogP contribution in [0.3, 0.4) is 0 Å². The second-order valence-corrected chi connectivity index (χ2v) is 8.58. The van der Waals surface area contributed by atoms with Crippen molar-refractivity contribution >= 4 is 17.6 Å². The lowest BCUT2D eigenvalue weighted by molar-refractivity contribution is -0.127. The molecule has 0 radical (unpaired) electrons. The van der Waals surface area contributed by atoms with Gasteiger partial charge in [-0.2, -0.15) is 0 Å². The Morgan fingerprint density at radius 2 is 1.97 bits per heavy atom. The Kier molecular flexibility index (Phi) is 7.30. The van der Waals surface area contributed by atoms with E-state index in [1.165, 1.54) is 11.3 Å². The van der Waals surface area contributed by atoms with Gasteiger partial charge in [-0.25, -0.2) is 4.99 Å². The van der Waals surface area contributed by atoms with Crippen molar-refractivity contribution in [3.8, 4) is 5.75 Å². The van der Waals surface area contributed by atoms with Gasteiger partial charge in [-0.15, -0.1) is 0 Å². The van der Waals surface area contributed by atoms with Crippen LogP contribution in [0.1, 0.15) is 44.6 Å². The Morgan fingerprint density at radius 3 is 2.72 bits per heavy atom. The zero-order chi connectivity index (χ0) is 22.3. The summed E-state index contributed by atoms with van der Waals surface area (Å²) in [6.07, 6.45) is 2.65. The molecule has 170 valence electrons. The van der Waals surface area contributed by atoms with E-state index in [4.69, 9.17) is 9.73 Å². The Hall–Kier alpha value is -3.02. The third-order valence-electron chi connectivity index (χ3n) is 6.16. The van der Waals surface area contributed by atoms with Crippen LogP contribution in [-0.4, -0.2) is 55.6 Å². The minimum atomic E-state index is -0.0270. The number of rotatable bonds is 8. The van der Waals surface area contributed by atoms with Gasteiger partial charge in [-0.3, -0.25) is 4.79 Å². The number of anilines is 1. The molecule has 2 aliphatic heterocycles. The molecule has 0 spiro atoms. The number of hydrogen-bond donors (Lipinski definition) is 1. The molecule has 1 saturated heterocycles. The third-order valence-corrected chi connectivity index (χ3v) is 6.16. The van der Waals surface area contributed by atoms with Gasteiger partial charge in [0.1, 0.15) is 11.9 Å². The summed E-state index contributed by atoms with van der Waals surface area (Å²) in [5.74, 6) is 2.45. The van der Waals surface area contributed by atoms with Gasteiger partial charge in [-0.05, 0) is 50.5 Å². The Morgan fingerprint density at radius 1 is 1.19 bits per heavy atom. The first kappa shape index (κ1) is 22.2. The third kappa shape index (κ3) is 5.23. The fraction of sp³-hybridized carbons (Fsp3) is 0.462. The molecular formula is C26H34N4O2. The first-order valence-electron chi connectivity index (χ1n) is 11.8. The predicted molar refractivity (Wildman–Crippen MR) is 129 cm³/mol. The number of nitrogens with zero attached hydrogens (tertiary/aromatic N) is 3. The number of aliphatic imine (C=N–C) groups is 1. The van der Waals surface area contributed by atoms with E-state index in [2.05, 4.69) is 41.4 Å². The first-order chi connectivity index (χ1) is 15.7. The van der Waals surface area contributed by atoms with Crippen molar-refractivity contribution in [3.05, 3.63) is 60.2 Å². The normalized spacial score (nSPS) is 19.2. The Balaban J connectivity index is 1.45. The molecule has 2 unspecified atom stereocenters. The number of hydrogen-bond acceptors (Lipinski definition) is 3. The summed E-state index contributed by atoms with van der Waals surface area (Å²) in [4.78, 5) is 21.3. The summed E-state index contributed by atoms with van der Waals surface area (Å²) in [6, 6.07) is 18.5. The molecule has 0 saturated carbocycles. The topological polar surface area (TPSA) is 57.2 Å². The molecule has 32 heavy (non-hydrogen) atoms. The molecule has 6 heteroatoms. The molecule has 2 aromatic rings. The summed E-state index contributed by atoms with van der Waals surface area (Å²) in [5, 5.41) is 3.47. The van der Waals surface area contributed by atoms with Crippen molar-refractivity contribution in [2.75, 3.05) is 37.6 Å². The van der Waals surface area contributed by atoms with Gasteiger partial charge in [0.25, 0.3) is 0 Å². The van der Waals surface area contributed by atoms with Gasteiger partial charge in [-0.1, -0.05) is 36.4 Å². The molecule has 6 nitrogen and oxygen atoms in total. The number of amides is 1. The van der Waals surface area contributed by atoms with Crippen molar-refractivity contribution in [1.29, 1.82) is 0 Å². The van der Waals surface area contributed by atoms with Crippen molar-refractivity contribution in [2.24, 2.45) is 4.99 Å². The lowest BCUT2D eigenvalue weighted by atomic mass is 9.98. The molecule has 2 atom stereocenters. The highest BCUT2D eigenvalue weighted by atomic mass is 16.5. The number of para-hydroxylation sites is 2. The van der Waals surface area contributed by atoms with E-state index in [-0.39, 0.29) is 6.10 Å². The van der Waals surface area contributed by atoms with Gasteiger partial charge in [0.15, 0.2) is 5.96 Å².